The number of fused-ring (bicyclic) bond motifs is 2. The SMILES string of the molecule is Cc1cc(F)cc(-c2nccc3[nH]c(-c4n[nH]c5ccc(-c6cncc(NC(=O)C(C)C)c6)nc45)cc23)c1. The molecule has 6 rings (SSSR count). The van der Waals surface area contributed by atoms with Gasteiger partial charge in [-0.15, -0.1) is 0 Å². The van der Waals surface area contributed by atoms with Gasteiger partial charge in [-0.2, -0.15) is 5.10 Å². The van der Waals surface area contributed by atoms with Crippen LogP contribution in [0.1, 0.15) is 19.4 Å². The van der Waals surface area contributed by atoms with Crippen LogP contribution >= 0.6 is 0 Å². The van der Waals surface area contributed by atoms with Gasteiger partial charge in [-0.3, -0.25) is 19.9 Å². The number of pyridine rings is 3. The van der Waals surface area contributed by atoms with Gasteiger partial charge in [0.2, 0.25) is 5.91 Å². The van der Waals surface area contributed by atoms with E-state index < -0.39 is 0 Å². The minimum atomic E-state index is -0.299. The van der Waals surface area contributed by atoms with Gasteiger partial charge in [-0.25, -0.2) is 9.37 Å². The number of amides is 1. The van der Waals surface area contributed by atoms with Crippen LogP contribution in [0.3, 0.4) is 0 Å². The van der Waals surface area contributed by atoms with Gasteiger partial charge in [-0.1, -0.05) is 13.8 Å². The van der Waals surface area contributed by atoms with Gasteiger partial charge in [0, 0.05) is 40.3 Å². The minimum absolute atomic E-state index is 0.0782. The first kappa shape index (κ1) is 23.5. The van der Waals surface area contributed by atoms with Crippen molar-refractivity contribution in [2.45, 2.75) is 20.8 Å². The minimum Gasteiger partial charge on any atom is -0.353 e. The average molecular weight is 506 g/mol. The summed E-state index contributed by atoms with van der Waals surface area (Å²) in [6, 6.07) is 14.4. The van der Waals surface area contributed by atoms with Crippen LogP contribution in [-0.4, -0.2) is 36.0 Å². The number of hydrogen-bond acceptors (Lipinski definition) is 5. The highest BCUT2D eigenvalue weighted by Gasteiger charge is 2.17. The summed E-state index contributed by atoms with van der Waals surface area (Å²) in [5.74, 6) is -0.518. The first-order valence-corrected chi connectivity index (χ1v) is 12.2. The van der Waals surface area contributed by atoms with E-state index in [1.54, 1.807) is 18.6 Å². The largest absolute Gasteiger partial charge is 0.353 e. The summed E-state index contributed by atoms with van der Waals surface area (Å²) in [7, 11) is 0. The van der Waals surface area contributed by atoms with Crippen molar-refractivity contribution in [3.8, 4) is 33.9 Å². The molecule has 1 aromatic carbocycles. The quantitative estimate of drug-likeness (QED) is 0.256. The van der Waals surface area contributed by atoms with Crippen LogP contribution < -0.4 is 5.32 Å². The molecule has 0 atom stereocenters. The summed E-state index contributed by atoms with van der Waals surface area (Å²) < 4.78 is 14.1. The lowest BCUT2D eigenvalue weighted by atomic mass is 10.0. The Balaban J connectivity index is 1.42. The summed E-state index contributed by atoms with van der Waals surface area (Å²) in [6.07, 6.45) is 5.03. The van der Waals surface area contributed by atoms with Crippen LogP contribution in [0.25, 0.3) is 55.8 Å². The van der Waals surface area contributed by atoms with Crippen molar-refractivity contribution in [2.24, 2.45) is 5.92 Å². The molecule has 0 saturated heterocycles. The van der Waals surface area contributed by atoms with Crippen molar-refractivity contribution in [1.82, 2.24) is 30.1 Å². The second-order valence-electron chi connectivity index (χ2n) is 9.59. The molecular formula is C29H24FN7O. The second kappa shape index (κ2) is 9.19. The number of anilines is 1. The zero-order valence-electron chi connectivity index (χ0n) is 21.0. The number of aromatic nitrogens is 6. The third kappa shape index (κ3) is 4.28. The Kier molecular flexibility index (Phi) is 5.68. The maximum Gasteiger partial charge on any atom is 0.226 e. The molecule has 0 radical (unpaired) electrons. The van der Waals surface area contributed by atoms with E-state index >= 15 is 0 Å². The second-order valence-corrected chi connectivity index (χ2v) is 9.59. The van der Waals surface area contributed by atoms with Crippen LogP contribution in [-0.2, 0) is 4.79 Å². The third-order valence-corrected chi connectivity index (χ3v) is 6.35. The van der Waals surface area contributed by atoms with Crippen LogP contribution in [0.4, 0.5) is 10.1 Å². The molecule has 0 saturated carbocycles. The smallest absolute Gasteiger partial charge is 0.226 e. The van der Waals surface area contributed by atoms with Gasteiger partial charge < -0.3 is 10.3 Å². The molecule has 0 bridgehead atoms. The van der Waals surface area contributed by atoms with Crippen LogP contribution in [0, 0.1) is 18.7 Å². The van der Waals surface area contributed by atoms with Gasteiger partial charge in [0.15, 0.2) is 0 Å². The lowest BCUT2D eigenvalue weighted by Crippen LogP contribution is -2.17. The molecule has 38 heavy (non-hydrogen) atoms. The molecular weight excluding hydrogens is 481 g/mol. The summed E-state index contributed by atoms with van der Waals surface area (Å²) in [6.45, 7) is 5.54. The number of H-pyrrole nitrogens is 2. The molecule has 0 aliphatic heterocycles. The monoisotopic (exact) mass is 505 g/mol. The van der Waals surface area contributed by atoms with Crippen molar-refractivity contribution in [3.05, 3.63) is 78.5 Å². The van der Waals surface area contributed by atoms with E-state index in [9.17, 15) is 9.18 Å². The standard InChI is InChI=1S/C29H24FN7O/c1-15(2)29(38)33-20-11-18(13-31-14-20)22-4-5-24-27(35-22)28(37-36-24)25-12-21-23(34-25)6-7-32-26(21)17-8-16(3)9-19(30)10-17/h4-15,34H,1-3H3,(H,33,38)(H,36,37). The zero-order valence-corrected chi connectivity index (χ0v) is 21.0. The average Bonchev–Trinajstić information content (AvgIpc) is 3.51. The topological polar surface area (TPSA) is 112 Å². The number of carbonyl (C=O) groups is 1. The maximum atomic E-state index is 14.1. The number of aryl methyl sites for hydroxylation is 1. The molecule has 0 aliphatic rings. The summed E-state index contributed by atoms with van der Waals surface area (Å²) in [5.41, 5.74) is 8.02. The van der Waals surface area contributed by atoms with E-state index in [4.69, 9.17) is 4.98 Å². The third-order valence-electron chi connectivity index (χ3n) is 6.35. The molecule has 8 nitrogen and oxygen atoms in total. The lowest BCUT2D eigenvalue weighted by molar-refractivity contribution is -0.118. The van der Waals surface area contributed by atoms with Gasteiger partial charge in [0.25, 0.3) is 0 Å². The first-order chi connectivity index (χ1) is 18.4. The summed E-state index contributed by atoms with van der Waals surface area (Å²) >= 11 is 0. The maximum absolute atomic E-state index is 14.1. The van der Waals surface area contributed by atoms with Gasteiger partial charge >= 0.3 is 0 Å². The fourth-order valence-electron chi connectivity index (χ4n) is 4.47. The fraction of sp³-hybridized carbons (Fsp3) is 0.138. The molecule has 0 fully saturated rings. The first-order valence-electron chi connectivity index (χ1n) is 12.2. The highest BCUT2D eigenvalue weighted by Crippen LogP contribution is 2.33. The Morgan fingerprint density at radius 3 is 2.66 bits per heavy atom. The number of nitrogens with zero attached hydrogens (tertiary/aromatic N) is 4. The molecule has 5 aromatic heterocycles. The van der Waals surface area contributed by atoms with E-state index in [-0.39, 0.29) is 17.6 Å². The molecule has 0 unspecified atom stereocenters. The molecule has 3 N–H and O–H groups in total. The molecule has 0 spiro atoms. The number of rotatable bonds is 5. The van der Waals surface area contributed by atoms with Gasteiger partial charge in [0.05, 0.1) is 34.5 Å². The van der Waals surface area contributed by atoms with E-state index in [1.165, 1.54) is 12.1 Å². The van der Waals surface area contributed by atoms with Gasteiger partial charge in [0.1, 0.15) is 17.0 Å². The summed E-state index contributed by atoms with van der Waals surface area (Å²) in [4.78, 5) is 29.2. The molecule has 0 aliphatic carbocycles. The van der Waals surface area contributed by atoms with E-state index in [0.717, 1.165) is 33.2 Å². The van der Waals surface area contributed by atoms with Crippen molar-refractivity contribution in [2.75, 3.05) is 5.32 Å². The summed E-state index contributed by atoms with van der Waals surface area (Å²) in [5, 5.41) is 11.3. The Bertz CT molecular complexity index is 1820. The van der Waals surface area contributed by atoms with E-state index in [0.29, 0.717) is 33.8 Å². The number of aromatic amines is 2. The number of benzene rings is 1. The Morgan fingerprint density at radius 1 is 0.974 bits per heavy atom. The Labute approximate surface area is 217 Å². The number of hydrogen-bond donors (Lipinski definition) is 3. The van der Waals surface area contributed by atoms with Gasteiger partial charge in [-0.05, 0) is 61.0 Å². The predicted octanol–water partition coefficient (Wildman–Crippen LogP) is 6.27. The van der Waals surface area contributed by atoms with E-state index in [1.807, 2.05) is 57.2 Å². The fourth-order valence-corrected chi connectivity index (χ4v) is 4.47. The highest BCUT2D eigenvalue weighted by molar-refractivity contribution is 5.99. The Morgan fingerprint density at radius 2 is 1.84 bits per heavy atom. The zero-order chi connectivity index (χ0) is 26.4. The van der Waals surface area contributed by atoms with Crippen molar-refractivity contribution in [3.63, 3.8) is 0 Å². The number of nitrogens with one attached hydrogen (secondary N) is 3. The van der Waals surface area contributed by atoms with E-state index in [2.05, 4.69) is 30.5 Å². The molecule has 9 heteroatoms. The normalized spacial score (nSPS) is 11.5. The van der Waals surface area contributed by atoms with Crippen molar-refractivity contribution in [1.29, 1.82) is 0 Å². The van der Waals surface area contributed by atoms with Crippen LogP contribution in [0.2, 0.25) is 0 Å². The van der Waals surface area contributed by atoms with Crippen LogP contribution in [0.5, 0.6) is 0 Å². The van der Waals surface area contributed by atoms with Crippen molar-refractivity contribution >= 4 is 33.5 Å². The van der Waals surface area contributed by atoms with Crippen molar-refractivity contribution < 1.29 is 9.18 Å². The molecule has 5 heterocycles. The number of carbonyl (C=O) groups excluding carboxylic acids is 1. The molecule has 6 aromatic rings. The molecule has 188 valence electrons. The highest BCUT2D eigenvalue weighted by atomic mass is 19.1. The predicted molar refractivity (Wildman–Crippen MR) is 146 cm³/mol. The Hall–Kier alpha value is -4.92. The number of halogens is 1. The molecule has 1 amide bonds. The van der Waals surface area contributed by atoms with Crippen LogP contribution in [0.15, 0.2) is 67.1 Å². The lowest BCUT2D eigenvalue weighted by Gasteiger charge is -2.08.